The third-order valence-corrected chi connectivity index (χ3v) is 4.00. The molecule has 0 spiro atoms. The molecule has 0 atom stereocenters. The third-order valence-electron chi connectivity index (χ3n) is 3.72. The highest BCUT2D eigenvalue weighted by Crippen LogP contribution is 2.37. The monoisotopic (exact) mass is 429 g/mol. The molecule has 2 aromatic rings. The van der Waals surface area contributed by atoms with Crippen molar-refractivity contribution in [3.05, 3.63) is 63.7 Å². The van der Waals surface area contributed by atoms with Gasteiger partial charge in [-0.25, -0.2) is 9.59 Å². The topological polar surface area (TPSA) is 152 Å². The molecule has 0 bridgehead atoms. The zero-order chi connectivity index (χ0) is 22.3. The summed E-state index contributed by atoms with van der Waals surface area (Å²) in [4.78, 5) is 33.7. The molecule has 0 aliphatic heterocycles. The summed E-state index contributed by atoms with van der Waals surface area (Å²) in [6, 6.07) is 9.70. The molecule has 154 valence electrons. The second-order valence-electron chi connectivity index (χ2n) is 5.82. The number of nitrogens with two attached hydrogens (primary N) is 1. The van der Waals surface area contributed by atoms with E-state index >= 15 is 0 Å². The van der Waals surface area contributed by atoms with E-state index in [-0.39, 0.29) is 34.3 Å². The first-order chi connectivity index (χ1) is 14.2. The van der Waals surface area contributed by atoms with E-state index in [9.17, 15) is 14.4 Å². The van der Waals surface area contributed by atoms with Crippen LogP contribution in [0.3, 0.4) is 0 Å². The smallest absolute Gasteiger partial charge is 0.335 e. The number of rotatable bonds is 7. The molecule has 2 rings (SSSR count). The highest BCUT2D eigenvalue weighted by atomic mass is 35.5. The van der Waals surface area contributed by atoms with Crippen molar-refractivity contribution in [1.29, 1.82) is 5.26 Å². The lowest BCUT2D eigenvalue weighted by Crippen LogP contribution is -2.35. The van der Waals surface area contributed by atoms with E-state index in [1.807, 2.05) is 0 Å². The van der Waals surface area contributed by atoms with Crippen LogP contribution in [0, 0.1) is 11.3 Å². The second-order valence-corrected chi connectivity index (χ2v) is 6.22. The van der Waals surface area contributed by atoms with Gasteiger partial charge in [-0.3, -0.25) is 10.1 Å². The Morgan fingerprint density at radius 2 is 2.03 bits per heavy atom. The van der Waals surface area contributed by atoms with E-state index < -0.39 is 17.9 Å². The number of urea groups is 1. The minimum absolute atomic E-state index is 0.0247. The van der Waals surface area contributed by atoms with Crippen LogP contribution in [-0.4, -0.2) is 30.1 Å². The molecular formula is C20H16ClN3O6. The summed E-state index contributed by atoms with van der Waals surface area (Å²) < 4.78 is 11.0. The van der Waals surface area contributed by atoms with Gasteiger partial charge in [0.1, 0.15) is 18.2 Å². The fourth-order valence-electron chi connectivity index (χ4n) is 2.41. The van der Waals surface area contributed by atoms with E-state index in [0.717, 1.165) is 0 Å². The fourth-order valence-corrected chi connectivity index (χ4v) is 2.68. The van der Waals surface area contributed by atoms with Gasteiger partial charge in [0.25, 0.3) is 5.91 Å². The summed E-state index contributed by atoms with van der Waals surface area (Å²) in [6.07, 6.45) is 1.20. The quantitative estimate of drug-likeness (QED) is 0.452. The predicted molar refractivity (Wildman–Crippen MR) is 107 cm³/mol. The summed E-state index contributed by atoms with van der Waals surface area (Å²) in [5.74, 6) is -1.61. The lowest BCUT2D eigenvalue weighted by Gasteiger charge is -2.14. The predicted octanol–water partition coefficient (Wildman–Crippen LogP) is 2.73. The molecule has 3 amide bonds. The maximum absolute atomic E-state index is 11.8. The van der Waals surface area contributed by atoms with Crippen LogP contribution in [0.25, 0.3) is 6.08 Å². The first kappa shape index (κ1) is 22.3. The van der Waals surface area contributed by atoms with Gasteiger partial charge in [0, 0.05) is 0 Å². The summed E-state index contributed by atoms with van der Waals surface area (Å²) in [6.45, 7) is 0.0247. The molecule has 0 aromatic heterocycles. The van der Waals surface area contributed by atoms with Crippen LogP contribution in [0.5, 0.6) is 11.5 Å². The summed E-state index contributed by atoms with van der Waals surface area (Å²) in [5, 5.41) is 20.1. The molecule has 9 nitrogen and oxygen atoms in total. The van der Waals surface area contributed by atoms with Gasteiger partial charge in [-0.2, -0.15) is 5.26 Å². The molecule has 10 heteroatoms. The van der Waals surface area contributed by atoms with Crippen LogP contribution in [-0.2, 0) is 11.4 Å². The maximum atomic E-state index is 11.8. The molecule has 0 heterocycles. The minimum atomic E-state index is -1.09. The standard InChI is InChI=1S/C20H16ClN3O6/c1-29-16-8-12(6-14(9-22)18(25)24-20(23)28)7-15(21)17(16)30-10-11-3-2-4-13(5-11)19(26)27/h2-8H,10H2,1H3,(H,26,27)(H3,23,24,25,28)/b14-6-. The molecule has 0 radical (unpaired) electrons. The molecule has 0 fully saturated rings. The number of hydrogen-bond acceptors (Lipinski definition) is 6. The zero-order valence-electron chi connectivity index (χ0n) is 15.6. The first-order valence-electron chi connectivity index (χ1n) is 8.30. The van der Waals surface area contributed by atoms with Crippen LogP contribution in [0.4, 0.5) is 4.79 Å². The first-order valence-corrected chi connectivity index (χ1v) is 8.68. The van der Waals surface area contributed by atoms with Gasteiger partial charge >= 0.3 is 12.0 Å². The van der Waals surface area contributed by atoms with Crippen LogP contribution in [0.2, 0.25) is 5.02 Å². The lowest BCUT2D eigenvalue weighted by molar-refractivity contribution is -0.115. The molecule has 2 aromatic carbocycles. The van der Waals surface area contributed by atoms with Crippen molar-refractivity contribution in [3.63, 3.8) is 0 Å². The summed E-state index contributed by atoms with van der Waals surface area (Å²) in [5.41, 5.74) is 5.57. The van der Waals surface area contributed by atoms with Crippen molar-refractivity contribution in [1.82, 2.24) is 5.32 Å². The van der Waals surface area contributed by atoms with E-state index in [0.29, 0.717) is 11.1 Å². The number of carboxylic acid groups (broad SMARTS) is 1. The number of carbonyl (C=O) groups is 3. The molecule has 0 aliphatic rings. The van der Waals surface area contributed by atoms with Crippen molar-refractivity contribution in [2.45, 2.75) is 6.61 Å². The van der Waals surface area contributed by atoms with Gasteiger partial charge in [-0.1, -0.05) is 23.7 Å². The van der Waals surface area contributed by atoms with E-state index in [4.69, 9.17) is 37.2 Å². The Bertz CT molecular complexity index is 1070. The number of carboxylic acids is 1. The van der Waals surface area contributed by atoms with Crippen molar-refractivity contribution in [2.24, 2.45) is 5.73 Å². The van der Waals surface area contributed by atoms with Crippen LogP contribution in [0.1, 0.15) is 21.5 Å². The number of nitrogens with zero attached hydrogens (tertiary/aromatic N) is 1. The Morgan fingerprint density at radius 3 is 2.63 bits per heavy atom. The number of primary amides is 1. The van der Waals surface area contributed by atoms with Crippen LogP contribution >= 0.6 is 11.6 Å². The number of amides is 3. The number of benzene rings is 2. The van der Waals surface area contributed by atoms with Gasteiger partial charge in [0.15, 0.2) is 11.5 Å². The number of nitriles is 1. The zero-order valence-corrected chi connectivity index (χ0v) is 16.4. The lowest BCUT2D eigenvalue weighted by atomic mass is 10.1. The molecule has 0 unspecified atom stereocenters. The van der Waals surface area contributed by atoms with Crippen molar-refractivity contribution >= 4 is 35.6 Å². The van der Waals surface area contributed by atoms with Crippen molar-refractivity contribution < 1.29 is 29.0 Å². The van der Waals surface area contributed by atoms with Gasteiger partial charge in [-0.15, -0.1) is 0 Å². The number of nitrogens with one attached hydrogen (secondary N) is 1. The largest absolute Gasteiger partial charge is 0.493 e. The van der Waals surface area contributed by atoms with E-state index in [1.54, 1.807) is 23.5 Å². The summed E-state index contributed by atoms with van der Waals surface area (Å²) in [7, 11) is 1.38. The van der Waals surface area contributed by atoms with Crippen LogP contribution < -0.4 is 20.5 Å². The average molecular weight is 430 g/mol. The molecule has 4 N–H and O–H groups in total. The Kier molecular flexibility index (Phi) is 7.38. The number of carbonyl (C=O) groups excluding carboxylic acids is 2. The average Bonchev–Trinajstić information content (AvgIpc) is 2.70. The second kappa shape index (κ2) is 9.95. The number of halogens is 1. The van der Waals surface area contributed by atoms with Crippen molar-refractivity contribution in [3.8, 4) is 17.6 Å². The Hall–Kier alpha value is -4.03. The molecule has 0 saturated heterocycles. The fraction of sp³-hybridized carbons (Fsp3) is 0.100. The van der Waals surface area contributed by atoms with E-state index in [1.165, 1.54) is 37.5 Å². The Balaban J connectivity index is 2.29. The SMILES string of the molecule is COc1cc(/C=C(/C#N)C(=O)NC(N)=O)cc(Cl)c1OCc1cccc(C(=O)O)c1. The minimum Gasteiger partial charge on any atom is -0.493 e. The van der Waals surface area contributed by atoms with Gasteiger partial charge < -0.3 is 20.3 Å². The number of imide groups is 1. The highest BCUT2D eigenvalue weighted by molar-refractivity contribution is 6.32. The Labute approximate surface area is 176 Å². The van der Waals surface area contributed by atoms with E-state index in [2.05, 4.69) is 0 Å². The number of methoxy groups -OCH3 is 1. The van der Waals surface area contributed by atoms with Gasteiger partial charge in [-0.05, 0) is 41.5 Å². The normalized spacial score (nSPS) is 10.6. The van der Waals surface area contributed by atoms with Crippen molar-refractivity contribution in [2.75, 3.05) is 7.11 Å². The third kappa shape index (κ3) is 5.73. The molecule has 0 saturated carbocycles. The van der Waals surface area contributed by atoms with Crippen LogP contribution in [0.15, 0.2) is 42.0 Å². The number of aromatic carboxylic acids is 1. The maximum Gasteiger partial charge on any atom is 0.335 e. The number of hydrogen-bond donors (Lipinski definition) is 3. The molecular weight excluding hydrogens is 414 g/mol. The molecule has 30 heavy (non-hydrogen) atoms. The van der Waals surface area contributed by atoms with Gasteiger partial charge in [0.05, 0.1) is 17.7 Å². The highest BCUT2D eigenvalue weighted by Gasteiger charge is 2.15. The molecule has 0 aliphatic carbocycles. The van der Waals surface area contributed by atoms with Gasteiger partial charge in [0.2, 0.25) is 0 Å². The summed E-state index contributed by atoms with van der Waals surface area (Å²) >= 11 is 6.27. The number of ether oxygens (including phenoxy) is 2. The Morgan fingerprint density at radius 1 is 1.30 bits per heavy atom.